The molecule has 0 atom stereocenters. The fourth-order valence-corrected chi connectivity index (χ4v) is 8.25. The number of aromatic nitrogens is 2. The standard InChI is InChI=1S/C40H24N2S.C2H6/c1-2-8-27(9-3-1)42-36-12-6-4-10-28(36)33-21-25(15-18-37(33)42)24-14-17-34-31(20-24)32-22-26-16-19-39-40(30(26)23-35(32)41-34)29-11-5-7-13-38(29)43-39;1-2/h1-23,41H;1-2H3. The summed E-state index contributed by atoms with van der Waals surface area (Å²) >= 11 is 1.88. The van der Waals surface area contributed by atoms with Gasteiger partial charge in [0.25, 0.3) is 0 Å². The highest BCUT2D eigenvalue weighted by molar-refractivity contribution is 7.26. The van der Waals surface area contributed by atoms with E-state index in [0.29, 0.717) is 0 Å². The minimum Gasteiger partial charge on any atom is -0.354 e. The fraction of sp³-hybridized carbons (Fsp3) is 0.0476. The summed E-state index contributed by atoms with van der Waals surface area (Å²) in [6.07, 6.45) is 0. The number of rotatable bonds is 2. The van der Waals surface area contributed by atoms with Crippen LogP contribution in [0.2, 0.25) is 0 Å². The van der Waals surface area contributed by atoms with Crippen LogP contribution in [0.4, 0.5) is 0 Å². The van der Waals surface area contributed by atoms with Gasteiger partial charge in [0.15, 0.2) is 0 Å². The zero-order valence-electron chi connectivity index (χ0n) is 25.1. The predicted molar refractivity (Wildman–Crippen MR) is 197 cm³/mol. The second-order valence-electron chi connectivity index (χ2n) is 11.5. The van der Waals surface area contributed by atoms with Crippen molar-refractivity contribution in [3.8, 4) is 16.8 Å². The normalized spacial score (nSPS) is 11.8. The number of fused-ring (bicyclic) bond motifs is 11. The maximum atomic E-state index is 3.73. The summed E-state index contributed by atoms with van der Waals surface area (Å²) < 4.78 is 5.06. The molecular weight excluding hydrogens is 565 g/mol. The second kappa shape index (κ2) is 10.1. The van der Waals surface area contributed by atoms with Crippen molar-refractivity contribution in [2.45, 2.75) is 13.8 Å². The van der Waals surface area contributed by atoms with Crippen molar-refractivity contribution < 1.29 is 0 Å². The molecule has 1 N–H and O–H groups in total. The Morgan fingerprint density at radius 2 is 1.16 bits per heavy atom. The number of aromatic amines is 1. The van der Waals surface area contributed by atoms with Crippen LogP contribution < -0.4 is 0 Å². The van der Waals surface area contributed by atoms with Gasteiger partial charge in [0, 0.05) is 58.4 Å². The maximum Gasteiger partial charge on any atom is 0.0541 e. The van der Waals surface area contributed by atoms with E-state index in [0.717, 1.165) is 0 Å². The summed E-state index contributed by atoms with van der Waals surface area (Å²) in [6, 6.07) is 51.2. The summed E-state index contributed by atoms with van der Waals surface area (Å²) in [5.74, 6) is 0. The molecule has 0 saturated carbocycles. The SMILES string of the molecule is CC.c1ccc(-n2c3ccccc3c3cc(-c4ccc5[nH]c6cc7c(ccc8sc9ccccc9c87)cc6c5c4)ccc32)cc1. The molecule has 3 heteroatoms. The van der Waals surface area contributed by atoms with Crippen LogP contribution in [0, 0.1) is 0 Å². The molecule has 0 aliphatic heterocycles. The van der Waals surface area contributed by atoms with E-state index in [1.54, 1.807) is 0 Å². The summed E-state index contributed by atoms with van der Waals surface area (Å²) in [5.41, 5.74) is 8.45. The lowest BCUT2D eigenvalue weighted by atomic mass is 9.99. The van der Waals surface area contributed by atoms with Gasteiger partial charge in [-0.15, -0.1) is 11.3 Å². The molecule has 0 aliphatic carbocycles. The van der Waals surface area contributed by atoms with Crippen molar-refractivity contribution in [1.29, 1.82) is 0 Å². The molecule has 214 valence electrons. The summed E-state index contributed by atoms with van der Waals surface area (Å²) in [5, 5.41) is 10.4. The largest absolute Gasteiger partial charge is 0.354 e. The van der Waals surface area contributed by atoms with Crippen molar-refractivity contribution in [2.75, 3.05) is 0 Å². The summed E-state index contributed by atoms with van der Waals surface area (Å²) in [4.78, 5) is 3.73. The van der Waals surface area contributed by atoms with Crippen LogP contribution in [0.5, 0.6) is 0 Å². The van der Waals surface area contributed by atoms with E-state index in [4.69, 9.17) is 0 Å². The molecule has 45 heavy (non-hydrogen) atoms. The van der Waals surface area contributed by atoms with Crippen LogP contribution in [-0.4, -0.2) is 9.55 Å². The lowest BCUT2D eigenvalue weighted by Gasteiger charge is -2.08. The Morgan fingerprint density at radius 1 is 0.467 bits per heavy atom. The van der Waals surface area contributed by atoms with Crippen LogP contribution in [0.25, 0.3) is 91.4 Å². The first-order valence-electron chi connectivity index (χ1n) is 15.7. The van der Waals surface area contributed by atoms with Gasteiger partial charge in [-0.1, -0.05) is 86.6 Å². The van der Waals surface area contributed by atoms with Crippen molar-refractivity contribution in [2.24, 2.45) is 0 Å². The highest BCUT2D eigenvalue weighted by Crippen LogP contribution is 2.41. The molecule has 0 aliphatic rings. The highest BCUT2D eigenvalue weighted by atomic mass is 32.1. The Bertz CT molecular complexity index is 2720. The Morgan fingerprint density at radius 3 is 2.02 bits per heavy atom. The molecule has 3 aromatic heterocycles. The van der Waals surface area contributed by atoms with Gasteiger partial charge in [-0.3, -0.25) is 0 Å². The first-order chi connectivity index (χ1) is 22.3. The van der Waals surface area contributed by atoms with E-state index < -0.39 is 0 Å². The molecule has 2 nitrogen and oxygen atoms in total. The molecule has 0 spiro atoms. The number of para-hydroxylation sites is 2. The molecule has 0 fully saturated rings. The number of benzene rings is 7. The van der Waals surface area contributed by atoms with Crippen LogP contribution >= 0.6 is 11.3 Å². The third-order valence-electron chi connectivity index (χ3n) is 9.10. The number of thiophene rings is 1. The van der Waals surface area contributed by atoms with Crippen LogP contribution in [0.15, 0.2) is 140 Å². The maximum absolute atomic E-state index is 3.73. The number of nitrogens with zero attached hydrogens (tertiary/aromatic N) is 1. The van der Waals surface area contributed by atoms with Crippen molar-refractivity contribution in [3.63, 3.8) is 0 Å². The average molecular weight is 595 g/mol. The summed E-state index contributed by atoms with van der Waals surface area (Å²) in [7, 11) is 0. The number of nitrogens with one attached hydrogen (secondary N) is 1. The van der Waals surface area contributed by atoms with Gasteiger partial charge in [-0.25, -0.2) is 0 Å². The molecule has 3 heterocycles. The van der Waals surface area contributed by atoms with E-state index in [9.17, 15) is 0 Å². The van der Waals surface area contributed by atoms with Crippen molar-refractivity contribution >= 4 is 85.9 Å². The minimum atomic E-state index is 1.17. The first-order valence-corrected chi connectivity index (χ1v) is 16.5. The number of H-pyrrole nitrogens is 1. The Kier molecular flexibility index (Phi) is 5.84. The van der Waals surface area contributed by atoms with Gasteiger partial charge >= 0.3 is 0 Å². The molecule has 10 rings (SSSR count). The smallest absolute Gasteiger partial charge is 0.0541 e. The Balaban J connectivity index is 0.00000138. The molecule has 0 bridgehead atoms. The van der Waals surface area contributed by atoms with Gasteiger partial charge in [0.1, 0.15) is 0 Å². The number of hydrogen-bond donors (Lipinski definition) is 1. The quantitative estimate of drug-likeness (QED) is 0.206. The highest BCUT2D eigenvalue weighted by Gasteiger charge is 2.15. The predicted octanol–water partition coefficient (Wildman–Crippen LogP) is 12.6. The summed E-state index contributed by atoms with van der Waals surface area (Å²) in [6.45, 7) is 4.00. The Labute approximate surface area is 264 Å². The lowest BCUT2D eigenvalue weighted by molar-refractivity contribution is 1.18. The molecular formula is C42H30N2S. The van der Waals surface area contributed by atoms with Crippen molar-refractivity contribution in [3.05, 3.63) is 140 Å². The monoisotopic (exact) mass is 594 g/mol. The number of hydrogen-bond acceptors (Lipinski definition) is 1. The van der Waals surface area contributed by atoms with E-state index in [2.05, 4.69) is 149 Å². The van der Waals surface area contributed by atoms with Gasteiger partial charge in [-0.2, -0.15) is 0 Å². The topological polar surface area (TPSA) is 20.7 Å². The molecule has 0 radical (unpaired) electrons. The molecule has 10 aromatic rings. The lowest BCUT2D eigenvalue weighted by Crippen LogP contribution is -1.92. The van der Waals surface area contributed by atoms with Crippen LogP contribution in [0.1, 0.15) is 13.8 Å². The first kappa shape index (κ1) is 26.1. The third-order valence-corrected chi connectivity index (χ3v) is 10.2. The van der Waals surface area contributed by atoms with Gasteiger partial charge < -0.3 is 9.55 Å². The van der Waals surface area contributed by atoms with E-state index in [1.165, 1.54) is 91.4 Å². The zero-order chi connectivity index (χ0) is 30.1. The zero-order valence-corrected chi connectivity index (χ0v) is 26.0. The average Bonchev–Trinajstić information content (AvgIpc) is 3.77. The van der Waals surface area contributed by atoms with E-state index in [-0.39, 0.29) is 0 Å². The van der Waals surface area contributed by atoms with Gasteiger partial charge in [-0.05, 0) is 88.6 Å². The Hall–Kier alpha value is -5.38. The third kappa shape index (κ3) is 3.87. The molecule has 7 aromatic carbocycles. The van der Waals surface area contributed by atoms with Gasteiger partial charge in [0.2, 0.25) is 0 Å². The van der Waals surface area contributed by atoms with E-state index in [1.807, 2.05) is 25.2 Å². The van der Waals surface area contributed by atoms with Gasteiger partial charge in [0.05, 0.1) is 11.0 Å². The molecule has 0 saturated heterocycles. The van der Waals surface area contributed by atoms with Crippen LogP contribution in [-0.2, 0) is 0 Å². The van der Waals surface area contributed by atoms with Crippen molar-refractivity contribution in [1.82, 2.24) is 9.55 Å². The fourth-order valence-electron chi connectivity index (χ4n) is 7.13. The van der Waals surface area contributed by atoms with Crippen LogP contribution in [0.3, 0.4) is 0 Å². The minimum absolute atomic E-state index is 1.17. The molecule has 0 amide bonds. The molecule has 0 unspecified atom stereocenters. The van der Waals surface area contributed by atoms with E-state index >= 15 is 0 Å². The second-order valence-corrected chi connectivity index (χ2v) is 12.5.